The van der Waals surface area contributed by atoms with Gasteiger partial charge in [-0.25, -0.2) is 0 Å². The molecule has 0 radical (unpaired) electrons. The first kappa shape index (κ1) is 14.5. The zero-order valence-corrected chi connectivity index (χ0v) is 13.2. The lowest BCUT2D eigenvalue weighted by Gasteiger charge is -2.34. The molecule has 21 heavy (non-hydrogen) atoms. The molecule has 0 N–H and O–H groups in total. The largest absolute Gasteiger partial charge is 0.301 e. The number of benzene rings is 1. The van der Waals surface area contributed by atoms with Gasteiger partial charge in [-0.3, -0.25) is 10.1 Å². The van der Waals surface area contributed by atoms with Gasteiger partial charge in [0.25, 0.3) is 5.69 Å². The Labute approximate surface area is 128 Å². The first-order chi connectivity index (χ1) is 10.1. The zero-order valence-electron chi connectivity index (χ0n) is 12.4. The van der Waals surface area contributed by atoms with Gasteiger partial charge in [-0.05, 0) is 56.6 Å². The van der Waals surface area contributed by atoms with Gasteiger partial charge in [0.15, 0.2) is 0 Å². The zero-order chi connectivity index (χ0) is 15.0. The van der Waals surface area contributed by atoms with Gasteiger partial charge in [0.05, 0.1) is 4.92 Å². The standard InChI is InChI=1S/C16H20N2O2S/c1-11(2)17-8-6-12(7-9-17)14-10-21-16-13(14)4-3-5-15(16)18(19)20/h3-5,10-12H,6-9H2,1-2H3. The van der Waals surface area contributed by atoms with Crippen LogP contribution in [0.4, 0.5) is 5.69 Å². The molecule has 2 aromatic rings. The number of piperidine rings is 1. The number of likely N-dealkylation sites (tertiary alicyclic amines) is 1. The van der Waals surface area contributed by atoms with Crippen LogP contribution in [0.25, 0.3) is 10.1 Å². The molecule has 2 heterocycles. The van der Waals surface area contributed by atoms with E-state index in [0.717, 1.165) is 36.0 Å². The number of rotatable bonds is 3. The maximum Gasteiger partial charge on any atom is 0.287 e. The van der Waals surface area contributed by atoms with E-state index in [1.54, 1.807) is 12.1 Å². The molecule has 0 unspecified atom stereocenters. The summed E-state index contributed by atoms with van der Waals surface area (Å²) in [5.41, 5.74) is 1.55. The maximum absolute atomic E-state index is 11.1. The first-order valence-corrected chi connectivity index (χ1v) is 8.34. The monoisotopic (exact) mass is 304 g/mol. The highest BCUT2D eigenvalue weighted by Crippen LogP contribution is 2.40. The van der Waals surface area contributed by atoms with Gasteiger partial charge < -0.3 is 4.90 Å². The van der Waals surface area contributed by atoms with Crippen molar-refractivity contribution in [2.75, 3.05) is 13.1 Å². The first-order valence-electron chi connectivity index (χ1n) is 7.46. The Kier molecular flexibility index (Phi) is 3.95. The van der Waals surface area contributed by atoms with Crippen LogP contribution >= 0.6 is 11.3 Å². The van der Waals surface area contributed by atoms with Gasteiger partial charge >= 0.3 is 0 Å². The van der Waals surface area contributed by atoms with E-state index in [-0.39, 0.29) is 10.6 Å². The number of non-ortho nitro benzene ring substituents is 1. The fourth-order valence-electron chi connectivity index (χ4n) is 3.25. The highest BCUT2D eigenvalue weighted by molar-refractivity contribution is 7.18. The van der Waals surface area contributed by atoms with Crippen molar-refractivity contribution in [1.82, 2.24) is 4.90 Å². The van der Waals surface area contributed by atoms with Crippen molar-refractivity contribution in [1.29, 1.82) is 0 Å². The maximum atomic E-state index is 11.1. The molecule has 3 rings (SSSR count). The summed E-state index contributed by atoms with van der Waals surface area (Å²) in [5.74, 6) is 0.538. The fraction of sp³-hybridized carbons (Fsp3) is 0.500. The highest BCUT2D eigenvalue weighted by Gasteiger charge is 2.25. The van der Waals surface area contributed by atoms with Gasteiger partial charge in [0.2, 0.25) is 0 Å². The van der Waals surface area contributed by atoms with Crippen LogP contribution in [0.5, 0.6) is 0 Å². The summed E-state index contributed by atoms with van der Waals surface area (Å²) in [6.45, 7) is 6.72. The van der Waals surface area contributed by atoms with Gasteiger partial charge in [-0.15, -0.1) is 11.3 Å². The Morgan fingerprint density at radius 3 is 2.67 bits per heavy atom. The van der Waals surface area contributed by atoms with Crippen LogP contribution in [0.15, 0.2) is 23.6 Å². The molecule has 1 saturated heterocycles. The highest BCUT2D eigenvalue weighted by atomic mass is 32.1. The van der Waals surface area contributed by atoms with Crippen molar-refractivity contribution < 1.29 is 4.92 Å². The van der Waals surface area contributed by atoms with E-state index in [4.69, 9.17) is 0 Å². The van der Waals surface area contributed by atoms with Crippen LogP contribution in [0.2, 0.25) is 0 Å². The predicted octanol–water partition coefficient (Wildman–Crippen LogP) is 4.40. The van der Waals surface area contributed by atoms with Crippen LogP contribution in [-0.2, 0) is 0 Å². The van der Waals surface area contributed by atoms with Gasteiger partial charge in [0, 0.05) is 17.5 Å². The molecule has 1 fully saturated rings. The average molecular weight is 304 g/mol. The third kappa shape index (κ3) is 2.68. The molecule has 4 nitrogen and oxygen atoms in total. The van der Waals surface area contributed by atoms with Crippen LogP contribution in [-0.4, -0.2) is 29.0 Å². The van der Waals surface area contributed by atoms with Crippen molar-refractivity contribution in [3.8, 4) is 0 Å². The molecular weight excluding hydrogens is 284 g/mol. The second-order valence-electron chi connectivity index (χ2n) is 6.01. The molecule has 1 aromatic heterocycles. The second kappa shape index (κ2) is 5.73. The van der Waals surface area contributed by atoms with E-state index in [2.05, 4.69) is 24.1 Å². The van der Waals surface area contributed by atoms with E-state index >= 15 is 0 Å². The number of hydrogen-bond acceptors (Lipinski definition) is 4. The minimum absolute atomic E-state index is 0.239. The minimum atomic E-state index is -0.274. The molecule has 0 aliphatic carbocycles. The molecule has 0 amide bonds. The third-order valence-electron chi connectivity index (χ3n) is 4.51. The fourth-order valence-corrected chi connectivity index (χ4v) is 4.39. The number of hydrogen-bond donors (Lipinski definition) is 0. The molecule has 0 saturated carbocycles. The van der Waals surface area contributed by atoms with Gasteiger partial charge in [-0.1, -0.05) is 12.1 Å². The summed E-state index contributed by atoms with van der Waals surface area (Å²) >= 11 is 1.51. The van der Waals surface area contributed by atoms with E-state index in [1.165, 1.54) is 16.9 Å². The van der Waals surface area contributed by atoms with E-state index < -0.39 is 0 Å². The Bertz CT molecular complexity index is 657. The van der Waals surface area contributed by atoms with Crippen molar-refractivity contribution in [2.45, 2.75) is 38.6 Å². The number of nitro groups is 1. The number of fused-ring (bicyclic) bond motifs is 1. The summed E-state index contributed by atoms with van der Waals surface area (Å²) in [5, 5.41) is 14.3. The van der Waals surface area contributed by atoms with Crippen molar-refractivity contribution in [3.63, 3.8) is 0 Å². The van der Waals surface area contributed by atoms with E-state index in [9.17, 15) is 10.1 Å². The molecule has 1 aromatic carbocycles. The number of nitro benzene ring substituents is 1. The average Bonchev–Trinajstić information content (AvgIpc) is 2.90. The van der Waals surface area contributed by atoms with Gasteiger partial charge in [0.1, 0.15) is 4.70 Å². The SMILES string of the molecule is CC(C)N1CCC(c2csc3c([N+](=O)[O-])cccc23)CC1. The van der Waals surface area contributed by atoms with Gasteiger partial charge in [-0.2, -0.15) is 0 Å². The van der Waals surface area contributed by atoms with Crippen LogP contribution in [0, 0.1) is 10.1 Å². The van der Waals surface area contributed by atoms with E-state index in [1.807, 2.05) is 6.07 Å². The summed E-state index contributed by atoms with van der Waals surface area (Å²) in [6, 6.07) is 6.04. The molecule has 112 valence electrons. The Hall–Kier alpha value is -1.46. The minimum Gasteiger partial charge on any atom is -0.301 e. The lowest BCUT2D eigenvalue weighted by Crippen LogP contribution is -2.37. The molecule has 1 aliphatic heterocycles. The number of thiophene rings is 1. The van der Waals surface area contributed by atoms with Crippen molar-refractivity contribution >= 4 is 27.1 Å². The molecule has 0 spiro atoms. The molecule has 0 atom stereocenters. The van der Waals surface area contributed by atoms with Crippen LogP contribution in [0.3, 0.4) is 0 Å². The van der Waals surface area contributed by atoms with Crippen molar-refractivity contribution in [3.05, 3.63) is 39.3 Å². The topological polar surface area (TPSA) is 46.4 Å². The molecule has 0 bridgehead atoms. The lowest BCUT2D eigenvalue weighted by molar-refractivity contribution is -0.382. The van der Waals surface area contributed by atoms with Crippen molar-refractivity contribution in [2.24, 2.45) is 0 Å². The summed E-state index contributed by atoms with van der Waals surface area (Å²) < 4.78 is 0.823. The van der Waals surface area contributed by atoms with Crippen LogP contribution in [0.1, 0.15) is 38.2 Å². The lowest BCUT2D eigenvalue weighted by atomic mass is 9.88. The van der Waals surface area contributed by atoms with E-state index in [0.29, 0.717) is 12.0 Å². The quantitative estimate of drug-likeness (QED) is 0.624. The molecule has 1 aliphatic rings. The smallest absolute Gasteiger partial charge is 0.287 e. The summed E-state index contributed by atoms with van der Waals surface area (Å²) in [7, 11) is 0. The summed E-state index contributed by atoms with van der Waals surface area (Å²) in [6.07, 6.45) is 2.29. The Balaban J connectivity index is 1.89. The Morgan fingerprint density at radius 1 is 1.33 bits per heavy atom. The normalized spacial score (nSPS) is 17.7. The summed E-state index contributed by atoms with van der Waals surface area (Å²) in [4.78, 5) is 13.4. The number of nitrogens with zero attached hydrogens (tertiary/aromatic N) is 2. The Morgan fingerprint density at radius 2 is 2.05 bits per heavy atom. The second-order valence-corrected chi connectivity index (χ2v) is 6.89. The van der Waals surface area contributed by atoms with Crippen LogP contribution < -0.4 is 0 Å². The molecular formula is C16H20N2O2S. The predicted molar refractivity (Wildman–Crippen MR) is 87.2 cm³/mol. The third-order valence-corrected chi connectivity index (χ3v) is 5.54. The molecule has 5 heteroatoms.